The van der Waals surface area contributed by atoms with Crippen LogP contribution >= 0.6 is 23.2 Å². The Kier molecular flexibility index (Phi) is 3.13. The van der Waals surface area contributed by atoms with Crippen LogP contribution in [0.5, 0.6) is 0 Å². The molecule has 0 radical (unpaired) electrons. The number of halogens is 2. The molecule has 0 saturated heterocycles. The Bertz CT molecular complexity index is 403. The van der Waals surface area contributed by atoms with Gasteiger partial charge >= 0.3 is 5.97 Å². The van der Waals surface area contributed by atoms with E-state index in [9.17, 15) is 4.79 Å². The van der Waals surface area contributed by atoms with Crippen LogP contribution < -0.4 is 0 Å². The molecular weight excluding hydrogens is 251 g/mol. The minimum Gasteiger partial charge on any atom is -0.465 e. The Balaban J connectivity index is 1.73. The lowest BCUT2D eigenvalue weighted by Gasteiger charge is -2.05. The van der Waals surface area contributed by atoms with E-state index in [1.165, 1.54) is 0 Å². The Morgan fingerprint density at radius 1 is 1.75 bits per heavy atom. The molecule has 1 aliphatic carbocycles. The van der Waals surface area contributed by atoms with Crippen LogP contribution in [0.1, 0.15) is 12.1 Å². The molecule has 1 atom stereocenters. The lowest BCUT2D eigenvalue weighted by atomic mass is 10.3. The first kappa shape index (κ1) is 11.7. The van der Waals surface area contributed by atoms with Crippen molar-refractivity contribution in [2.24, 2.45) is 13.0 Å². The Hall–Kier alpha value is -0.740. The van der Waals surface area contributed by atoms with Crippen molar-refractivity contribution in [3.63, 3.8) is 0 Å². The van der Waals surface area contributed by atoms with Gasteiger partial charge < -0.3 is 9.30 Å². The number of carbonyl (C=O) groups excluding carboxylic acids is 1. The van der Waals surface area contributed by atoms with Crippen molar-refractivity contribution in [3.8, 4) is 0 Å². The van der Waals surface area contributed by atoms with E-state index >= 15 is 0 Å². The number of aromatic nitrogens is 2. The second-order valence-corrected chi connectivity index (χ2v) is 5.47. The lowest BCUT2D eigenvalue weighted by Crippen LogP contribution is -2.13. The number of hydrogen-bond acceptors (Lipinski definition) is 3. The van der Waals surface area contributed by atoms with Crippen molar-refractivity contribution in [3.05, 3.63) is 18.2 Å². The van der Waals surface area contributed by atoms with E-state index in [0.717, 1.165) is 5.69 Å². The fraction of sp³-hybridized carbons (Fsp3) is 0.600. The zero-order valence-electron chi connectivity index (χ0n) is 8.82. The Labute approximate surface area is 104 Å². The van der Waals surface area contributed by atoms with Crippen molar-refractivity contribution >= 4 is 29.2 Å². The van der Waals surface area contributed by atoms with Gasteiger partial charge in [-0.3, -0.25) is 4.79 Å². The third-order valence-electron chi connectivity index (χ3n) is 2.63. The van der Waals surface area contributed by atoms with Crippen LogP contribution in [0.4, 0.5) is 0 Å². The molecule has 1 aliphatic rings. The summed E-state index contributed by atoms with van der Waals surface area (Å²) in [6.45, 7) is 0.332. The van der Waals surface area contributed by atoms with E-state index in [0.29, 0.717) is 19.4 Å². The number of esters is 1. The van der Waals surface area contributed by atoms with Gasteiger partial charge in [-0.1, -0.05) is 0 Å². The maximum Gasteiger partial charge on any atom is 0.312 e. The van der Waals surface area contributed by atoms with Gasteiger partial charge in [-0.25, -0.2) is 4.98 Å². The highest BCUT2D eigenvalue weighted by atomic mass is 35.5. The standard InChI is InChI=1S/C10H12Cl2N2O2/c1-14-6-13-5-7(14)2-3-16-9(15)8-4-10(8,11)12/h5-6,8H,2-4H2,1H3. The van der Waals surface area contributed by atoms with E-state index in [4.69, 9.17) is 27.9 Å². The van der Waals surface area contributed by atoms with Gasteiger partial charge in [0.1, 0.15) is 4.33 Å². The highest BCUT2D eigenvalue weighted by Crippen LogP contribution is 2.53. The molecule has 1 aromatic heterocycles. The van der Waals surface area contributed by atoms with Crippen molar-refractivity contribution in [2.75, 3.05) is 6.61 Å². The van der Waals surface area contributed by atoms with Crippen molar-refractivity contribution in [1.29, 1.82) is 0 Å². The largest absolute Gasteiger partial charge is 0.465 e. The van der Waals surface area contributed by atoms with Crippen LogP contribution in [0.15, 0.2) is 12.5 Å². The average molecular weight is 263 g/mol. The maximum atomic E-state index is 11.4. The normalized spacial score (nSPS) is 21.8. The van der Waals surface area contributed by atoms with Gasteiger partial charge in [0.05, 0.1) is 18.9 Å². The van der Waals surface area contributed by atoms with Gasteiger partial charge in [0.25, 0.3) is 0 Å². The van der Waals surface area contributed by atoms with Gasteiger partial charge in [-0.15, -0.1) is 23.2 Å². The number of carbonyl (C=O) groups is 1. The summed E-state index contributed by atoms with van der Waals surface area (Å²) in [5.74, 6) is -0.672. The highest BCUT2D eigenvalue weighted by Gasteiger charge is 2.57. The van der Waals surface area contributed by atoms with E-state index in [1.807, 2.05) is 11.6 Å². The average Bonchev–Trinajstić information content (AvgIpc) is 2.65. The van der Waals surface area contributed by atoms with Crippen LogP contribution in [0.2, 0.25) is 0 Å². The van der Waals surface area contributed by atoms with Gasteiger partial charge in [-0.05, 0) is 6.42 Å². The lowest BCUT2D eigenvalue weighted by molar-refractivity contribution is -0.145. The minimum atomic E-state index is -0.899. The number of nitrogens with zero attached hydrogens (tertiary/aromatic N) is 2. The number of imidazole rings is 1. The molecule has 4 nitrogen and oxygen atoms in total. The fourth-order valence-electron chi connectivity index (χ4n) is 1.45. The molecule has 6 heteroatoms. The number of ether oxygens (including phenoxy) is 1. The van der Waals surface area contributed by atoms with Gasteiger partial charge in [0, 0.05) is 25.4 Å². The molecule has 0 bridgehead atoms. The highest BCUT2D eigenvalue weighted by molar-refractivity contribution is 6.52. The molecule has 1 saturated carbocycles. The summed E-state index contributed by atoms with van der Waals surface area (Å²) in [6, 6.07) is 0. The predicted molar refractivity (Wildman–Crippen MR) is 60.4 cm³/mol. The third-order valence-corrected chi connectivity index (χ3v) is 3.46. The van der Waals surface area contributed by atoms with E-state index < -0.39 is 4.33 Å². The van der Waals surface area contributed by atoms with Gasteiger partial charge in [-0.2, -0.15) is 0 Å². The molecule has 1 unspecified atom stereocenters. The van der Waals surface area contributed by atoms with Crippen LogP contribution in [-0.4, -0.2) is 26.5 Å². The summed E-state index contributed by atoms with van der Waals surface area (Å²) in [4.78, 5) is 15.4. The summed E-state index contributed by atoms with van der Waals surface area (Å²) in [7, 11) is 1.90. The minimum absolute atomic E-state index is 0.313. The van der Waals surface area contributed by atoms with E-state index in [-0.39, 0.29) is 11.9 Å². The molecular formula is C10H12Cl2N2O2. The molecule has 1 fully saturated rings. The topological polar surface area (TPSA) is 44.1 Å². The molecule has 0 aliphatic heterocycles. The second-order valence-electron chi connectivity index (χ2n) is 3.93. The quantitative estimate of drug-likeness (QED) is 0.613. The summed E-state index contributed by atoms with van der Waals surface area (Å²) in [5, 5.41) is 0. The molecule has 88 valence electrons. The second kappa shape index (κ2) is 4.26. The molecule has 0 spiro atoms. The number of alkyl halides is 2. The Morgan fingerprint density at radius 2 is 2.44 bits per heavy atom. The number of rotatable bonds is 4. The van der Waals surface area contributed by atoms with Crippen molar-refractivity contribution < 1.29 is 9.53 Å². The first-order chi connectivity index (χ1) is 7.50. The summed E-state index contributed by atoms with van der Waals surface area (Å²) >= 11 is 11.5. The van der Waals surface area contributed by atoms with Crippen LogP contribution in [0, 0.1) is 5.92 Å². The zero-order chi connectivity index (χ0) is 11.8. The third kappa shape index (κ3) is 2.50. The van der Waals surface area contributed by atoms with Crippen molar-refractivity contribution in [1.82, 2.24) is 9.55 Å². The molecule has 16 heavy (non-hydrogen) atoms. The fourth-order valence-corrected chi connectivity index (χ4v) is 1.94. The van der Waals surface area contributed by atoms with Crippen LogP contribution in [0.25, 0.3) is 0 Å². The smallest absolute Gasteiger partial charge is 0.312 e. The first-order valence-electron chi connectivity index (χ1n) is 5.00. The van der Waals surface area contributed by atoms with Gasteiger partial charge in [0.2, 0.25) is 0 Å². The number of hydrogen-bond donors (Lipinski definition) is 0. The first-order valence-corrected chi connectivity index (χ1v) is 5.76. The predicted octanol–water partition coefficient (Wildman–Crippen LogP) is 1.70. The molecule has 1 aromatic rings. The summed E-state index contributed by atoms with van der Waals surface area (Å²) < 4.78 is 6.07. The van der Waals surface area contributed by atoms with E-state index in [2.05, 4.69) is 4.98 Å². The van der Waals surface area contributed by atoms with Crippen molar-refractivity contribution in [2.45, 2.75) is 17.2 Å². The van der Waals surface area contributed by atoms with Gasteiger partial charge in [0.15, 0.2) is 0 Å². The molecule has 0 N–H and O–H groups in total. The summed E-state index contributed by atoms with van der Waals surface area (Å²) in [5.41, 5.74) is 1.02. The van der Waals surface area contributed by atoms with E-state index in [1.54, 1.807) is 12.5 Å². The van der Waals surface area contributed by atoms with Crippen LogP contribution in [-0.2, 0) is 23.0 Å². The molecule has 2 rings (SSSR count). The van der Waals surface area contributed by atoms with Crippen LogP contribution in [0.3, 0.4) is 0 Å². The zero-order valence-corrected chi connectivity index (χ0v) is 10.3. The monoisotopic (exact) mass is 262 g/mol. The maximum absolute atomic E-state index is 11.4. The molecule has 1 heterocycles. The molecule has 0 aromatic carbocycles. The number of aryl methyl sites for hydroxylation is 1. The summed E-state index contributed by atoms with van der Waals surface area (Å²) in [6.07, 6.45) is 4.59. The Morgan fingerprint density at radius 3 is 2.94 bits per heavy atom. The molecule has 0 amide bonds. The SMILES string of the molecule is Cn1cncc1CCOC(=O)C1CC1(Cl)Cl.